The van der Waals surface area contributed by atoms with Crippen LogP contribution in [0.3, 0.4) is 0 Å². The Hall–Kier alpha value is -6.89. The minimum absolute atomic E-state index is 0.431. The second-order valence-corrected chi connectivity index (χ2v) is 11.2. The topological polar surface area (TPSA) is 91.2 Å². The summed E-state index contributed by atoms with van der Waals surface area (Å²) < 4.78 is 2.22. The third-order valence-electron chi connectivity index (χ3n) is 8.34. The van der Waals surface area contributed by atoms with E-state index in [0.717, 1.165) is 49.7 Å². The number of benzene rings is 6. The Bertz CT molecular complexity index is 2460. The molecule has 6 heteroatoms. The molecule has 0 saturated carbocycles. The number of hydrogen-bond donors (Lipinski definition) is 0. The number of nitrogens with zero attached hydrogens (tertiary/aromatic N) is 6. The van der Waals surface area contributed by atoms with E-state index in [4.69, 9.17) is 15.0 Å². The molecule has 0 saturated heterocycles. The maximum atomic E-state index is 10.2. The number of para-hydroxylation sites is 1. The monoisotopic (exact) mass is 600 g/mol. The molecular weight excluding hydrogens is 576 g/mol. The summed E-state index contributed by atoms with van der Waals surface area (Å²) in [7, 11) is 0. The summed E-state index contributed by atoms with van der Waals surface area (Å²) in [6.45, 7) is 0. The summed E-state index contributed by atoms with van der Waals surface area (Å²) in [4.78, 5) is 14.6. The molecule has 0 radical (unpaired) electrons. The Labute approximate surface area is 271 Å². The third-order valence-corrected chi connectivity index (χ3v) is 8.34. The standard InChI is InChI=1S/C41H24N6/c42-25-27-15-17-28(18-16-27)31-20-22-38-36(23-31)34-13-7-8-14-37(34)47(38)33-21-19-32(26-43)35(24-33)41-45-39(29-9-3-1-4-10-29)44-40(46-41)30-11-5-2-6-12-30/h1-24H. The fraction of sp³-hybridized carbons (Fsp3) is 0. The zero-order valence-corrected chi connectivity index (χ0v) is 25.0. The van der Waals surface area contributed by atoms with Gasteiger partial charge in [0.25, 0.3) is 0 Å². The Balaban J connectivity index is 1.33. The number of fused-ring (bicyclic) bond motifs is 3. The van der Waals surface area contributed by atoms with Gasteiger partial charge in [-0.1, -0.05) is 97.1 Å². The molecule has 0 aliphatic heterocycles. The molecule has 0 spiro atoms. The van der Waals surface area contributed by atoms with Crippen molar-refractivity contribution in [2.24, 2.45) is 0 Å². The van der Waals surface area contributed by atoms with Crippen LogP contribution in [0.2, 0.25) is 0 Å². The highest BCUT2D eigenvalue weighted by atomic mass is 15.0. The number of hydrogen-bond acceptors (Lipinski definition) is 5. The van der Waals surface area contributed by atoms with Gasteiger partial charge in [0.15, 0.2) is 17.5 Å². The predicted molar refractivity (Wildman–Crippen MR) is 185 cm³/mol. The molecule has 6 nitrogen and oxygen atoms in total. The van der Waals surface area contributed by atoms with E-state index in [1.807, 2.05) is 115 Å². The van der Waals surface area contributed by atoms with Crippen LogP contribution in [-0.2, 0) is 0 Å². The fourth-order valence-corrected chi connectivity index (χ4v) is 6.05. The van der Waals surface area contributed by atoms with Gasteiger partial charge < -0.3 is 4.57 Å². The minimum Gasteiger partial charge on any atom is -0.309 e. The molecule has 0 fully saturated rings. The molecule has 0 N–H and O–H groups in total. The van der Waals surface area contributed by atoms with Crippen molar-refractivity contribution in [2.75, 3.05) is 0 Å². The minimum atomic E-state index is 0.431. The highest BCUT2D eigenvalue weighted by molar-refractivity contribution is 6.10. The summed E-state index contributed by atoms with van der Waals surface area (Å²) in [5.41, 5.74) is 8.53. The lowest BCUT2D eigenvalue weighted by Gasteiger charge is -2.13. The van der Waals surface area contributed by atoms with Gasteiger partial charge in [0.05, 0.1) is 34.3 Å². The van der Waals surface area contributed by atoms with Crippen LogP contribution in [0.15, 0.2) is 146 Å². The van der Waals surface area contributed by atoms with Crippen molar-refractivity contribution in [3.05, 3.63) is 157 Å². The molecule has 6 aromatic carbocycles. The molecule has 47 heavy (non-hydrogen) atoms. The van der Waals surface area contributed by atoms with Crippen LogP contribution in [-0.4, -0.2) is 19.5 Å². The molecule has 218 valence electrons. The fourth-order valence-electron chi connectivity index (χ4n) is 6.05. The summed E-state index contributed by atoms with van der Waals surface area (Å²) in [6.07, 6.45) is 0. The van der Waals surface area contributed by atoms with E-state index in [2.05, 4.69) is 47.0 Å². The van der Waals surface area contributed by atoms with Gasteiger partial charge in [0, 0.05) is 33.2 Å². The number of nitriles is 2. The second kappa shape index (κ2) is 11.6. The van der Waals surface area contributed by atoms with Crippen molar-refractivity contribution in [3.8, 4) is 63.1 Å². The lowest BCUT2D eigenvalue weighted by Crippen LogP contribution is -2.02. The van der Waals surface area contributed by atoms with Crippen molar-refractivity contribution >= 4 is 21.8 Å². The Morgan fingerprint density at radius 2 is 1.04 bits per heavy atom. The summed E-state index contributed by atoms with van der Waals surface area (Å²) in [6, 6.07) is 52.4. The molecule has 0 unspecified atom stereocenters. The van der Waals surface area contributed by atoms with Crippen LogP contribution in [0.5, 0.6) is 0 Å². The largest absolute Gasteiger partial charge is 0.309 e. The smallest absolute Gasteiger partial charge is 0.165 e. The maximum absolute atomic E-state index is 10.2. The predicted octanol–water partition coefficient (Wildman–Crippen LogP) is 9.38. The zero-order chi connectivity index (χ0) is 31.7. The summed E-state index contributed by atoms with van der Waals surface area (Å²) in [5, 5.41) is 21.7. The first kappa shape index (κ1) is 27.6. The van der Waals surface area contributed by atoms with Crippen LogP contribution in [0.4, 0.5) is 0 Å². The molecule has 8 aromatic rings. The first-order valence-electron chi connectivity index (χ1n) is 15.2. The molecule has 0 bridgehead atoms. The second-order valence-electron chi connectivity index (χ2n) is 11.2. The van der Waals surface area contributed by atoms with Crippen molar-refractivity contribution in [1.82, 2.24) is 19.5 Å². The van der Waals surface area contributed by atoms with E-state index in [-0.39, 0.29) is 0 Å². The van der Waals surface area contributed by atoms with Gasteiger partial charge in [0.2, 0.25) is 0 Å². The van der Waals surface area contributed by atoms with Gasteiger partial charge in [0.1, 0.15) is 0 Å². The molecule has 0 amide bonds. The SMILES string of the molecule is N#Cc1ccc(-c2ccc3c(c2)c2ccccc2n3-c2ccc(C#N)c(-c3nc(-c4ccccc4)nc(-c4ccccc4)n3)c2)cc1. The highest BCUT2D eigenvalue weighted by Gasteiger charge is 2.18. The van der Waals surface area contributed by atoms with Gasteiger partial charge in [-0.3, -0.25) is 0 Å². The zero-order valence-electron chi connectivity index (χ0n) is 25.0. The van der Waals surface area contributed by atoms with Crippen LogP contribution < -0.4 is 0 Å². The average molecular weight is 601 g/mol. The quantitative estimate of drug-likeness (QED) is 0.196. The molecule has 0 atom stereocenters. The summed E-state index contributed by atoms with van der Waals surface area (Å²) in [5.74, 6) is 1.51. The Kier molecular flexibility index (Phi) is 6.80. The summed E-state index contributed by atoms with van der Waals surface area (Å²) >= 11 is 0. The lowest BCUT2D eigenvalue weighted by atomic mass is 10.0. The Morgan fingerprint density at radius 1 is 0.447 bits per heavy atom. The molecule has 0 aliphatic rings. The van der Waals surface area contributed by atoms with E-state index in [0.29, 0.717) is 34.2 Å². The van der Waals surface area contributed by atoms with Gasteiger partial charge in [-0.15, -0.1) is 0 Å². The average Bonchev–Trinajstić information content (AvgIpc) is 3.49. The molecule has 2 aromatic heterocycles. The van der Waals surface area contributed by atoms with E-state index in [9.17, 15) is 10.5 Å². The molecule has 0 aliphatic carbocycles. The van der Waals surface area contributed by atoms with Crippen LogP contribution in [0.1, 0.15) is 11.1 Å². The van der Waals surface area contributed by atoms with Gasteiger partial charge in [-0.05, 0) is 59.7 Å². The van der Waals surface area contributed by atoms with Crippen LogP contribution in [0, 0.1) is 22.7 Å². The Morgan fingerprint density at radius 3 is 1.70 bits per heavy atom. The van der Waals surface area contributed by atoms with E-state index in [1.165, 1.54) is 0 Å². The van der Waals surface area contributed by atoms with Gasteiger partial charge >= 0.3 is 0 Å². The highest BCUT2D eigenvalue weighted by Crippen LogP contribution is 2.36. The van der Waals surface area contributed by atoms with Crippen molar-refractivity contribution in [2.45, 2.75) is 0 Å². The number of aromatic nitrogens is 4. The number of rotatable bonds is 5. The van der Waals surface area contributed by atoms with E-state index < -0.39 is 0 Å². The molecule has 2 heterocycles. The maximum Gasteiger partial charge on any atom is 0.165 e. The first-order chi connectivity index (χ1) is 23.2. The van der Waals surface area contributed by atoms with Crippen LogP contribution in [0.25, 0.3) is 72.8 Å². The van der Waals surface area contributed by atoms with Gasteiger partial charge in [-0.2, -0.15) is 10.5 Å². The first-order valence-corrected chi connectivity index (χ1v) is 15.2. The van der Waals surface area contributed by atoms with E-state index in [1.54, 1.807) is 0 Å². The molecular formula is C41H24N6. The van der Waals surface area contributed by atoms with Gasteiger partial charge in [-0.25, -0.2) is 15.0 Å². The normalized spacial score (nSPS) is 10.9. The van der Waals surface area contributed by atoms with Crippen LogP contribution >= 0.6 is 0 Å². The van der Waals surface area contributed by atoms with Crippen molar-refractivity contribution in [1.29, 1.82) is 10.5 Å². The lowest BCUT2D eigenvalue weighted by molar-refractivity contribution is 1.07. The van der Waals surface area contributed by atoms with Crippen molar-refractivity contribution in [3.63, 3.8) is 0 Å². The third kappa shape index (κ3) is 4.97. The van der Waals surface area contributed by atoms with Crippen molar-refractivity contribution < 1.29 is 0 Å². The van der Waals surface area contributed by atoms with E-state index >= 15 is 0 Å². The molecule has 8 rings (SSSR count).